The first kappa shape index (κ1) is 15.2. The molecule has 21 heavy (non-hydrogen) atoms. The van der Waals surface area contributed by atoms with Gasteiger partial charge in [0.2, 0.25) is 0 Å². The van der Waals surface area contributed by atoms with Crippen LogP contribution in [-0.2, 0) is 10.0 Å². The van der Waals surface area contributed by atoms with Gasteiger partial charge in [0.1, 0.15) is 5.82 Å². The first-order valence-corrected chi connectivity index (χ1v) is 7.85. The van der Waals surface area contributed by atoms with Gasteiger partial charge in [0.15, 0.2) is 5.78 Å². The number of hydrogen-bond donors (Lipinski definition) is 1. The van der Waals surface area contributed by atoms with Gasteiger partial charge < -0.3 is 0 Å². The largest absolute Gasteiger partial charge is 0.295 e. The molecule has 0 fully saturated rings. The lowest BCUT2D eigenvalue weighted by Crippen LogP contribution is -2.15. The van der Waals surface area contributed by atoms with E-state index in [1.807, 2.05) is 13.0 Å². The van der Waals surface area contributed by atoms with Crippen LogP contribution in [0.1, 0.15) is 28.5 Å². The predicted octanol–water partition coefficient (Wildman–Crippen LogP) is 2.70. The molecule has 0 aliphatic rings. The van der Waals surface area contributed by atoms with Crippen LogP contribution in [0, 0.1) is 13.8 Å². The van der Waals surface area contributed by atoms with Crippen LogP contribution in [0.2, 0.25) is 0 Å². The average Bonchev–Trinajstić information content (AvgIpc) is 2.37. The molecule has 0 aliphatic carbocycles. The van der Waals surface area contributed by atoms with Gasteiger partial charge in [-0.1, -0.05) is 12.1 Å². The minimum atomic E-state index is -3.77. The van der Waals surface area contributed by atoms with Gasteiger partial charge in [-0.05, 0) is 50.6 Å². The van der Waals surface area contributed by atoms with Crippen LogP contribution < -0.4 is 4.72 Å². The first-order valence-electron chi connectivity index (χ1n) is 6.37. The number of rotatable bonds is 4. The molecule has 0 amide bonds. The van der Waals surface area contributed by atoms with Gasteiger partial charge in [0, 0.05) is 11.3 Å². The second-order valence-electron chi connectivity index (χ2n) is 4.86. The smallest absolute Gasteiger partial charge is 0.263 e. The highest BCUT2D eigenvalue weighted by Gasteiger charge is 2.16. The monoisotopic (exact) mass is 304 g/mol. The van der Waals surface area contributed by atoms with Crippen molar-refractivity contribution in [1.29, 1.82) is 0 Å². The Morgan fingerprint density at radius 2 is 1.86 bits per heavy atom. The zero-order valence-electron chi connectivity index (χ0n) is 12.0. The van der Waals surface area contributed by atoms with E-state index in [0.29, 0.717) is 5.56 Å². The van der Waals surface area contributed by atoms with Gasteiger partial charge in [-0.3, -0.25) is 9.52 Å². The topological polar surface area (TPSA) is 76.1 Å². The molecular weight excluding hydrogens is 288 g/mol. The number of anilines is 1. The molecule has 1 aromatic carbocycles. The van der Waals surface area contributed by atoms with Crippen LogP contribution in [-0.4, -0.2) is 19.2 Å². The molecule has 0 aliphatic heterocycles. The Balaban J connectivity index is 2.38. The van der Waals surface area contributed by atoms with Crippen LogP contribution in [0.5, 0.6) is 0 Å². The second-order valence-corrected chi connectivity index (χ2v) is 6.54. The van der Waals surface area contributed by atoms with E-state index in [2.05, 4.69) is 9.71 Å². The summed E-state index contributed by atoms with van der Waals surface area (Å²) in [6.07, 6.45) is 0. The molecule has 1 aromatic heterocycles. The summed E-state index contributed by atoms with van der Waals surface area (Å²) in [5.74, 6) is 0.0808. The lowest BCUT2D eigenvalue weighted by Gasteiger charge is -2.09. The van der Waals surface area contributed by atoms with Crippen molar-refractivity contribution in [3.8, 4) is 0 Å². The molecule has 0 radical (unpaired) electrons. The zero-order chi connectivity index (χ0) is 15.6. The van der Waals surface area contributed by atoms with Gasteiger partial charge in [0.25, 0.3) is 10.0 Å². The van der Waals surface area contributed by atoms with Gasteiger partial charge in [-0.15, -0.1) is 0 Å². The minimum Gasteiger partial charge on any atom is -0.295 e. The maximum absolute atomic E-state index is 12.3. The van der Waals surface area contributed by atoms with E-state index in [1.165, 1.54) is 19.1 Å². The van der Waals surface area contributed by atoms with Crippen molar-refractivity contribution >= 4 is 21.6 Å². The lowest BCUT2D eigenvalue weighted by molar-refractivity contribution is 0.101. The number of aromatic nitrogens is 1. The molecular formula is C15H16N2O3S. The molecule has 0 saturated heterocycles. The number of nitrogens with one attached hydrogen (secondary N) is 1. The van der Waals surface area contributed by atoms with E-state index in [9.17, 15) is 13.2 Å². The highest BCUT2D eigenvalue weighted by molar-refractivity contribution is 7.92. The highest BCUT2D eigenvalue weighted by Crippen LogP contribution is 2.17. The number of pyridine rings is 1. The number of Topliss-reactive ketones (excluding diaryl/α,β-unsaturated/α-hetero) is 1. The molecule has 1 N–H and O–H groups in total. The third-order valence-electron chi connectivity index (χ3n) is 2.89. The summed E-state index contributed by atoms with van der Waals surface area (Å²) >= 11 is 0. The van der Waals surface area contributed by atoms with Crippen molar-refractivity contribution in [2.75, 3.05) is 4.72 Å². The molecule has 0 atom stereocenters. The zero-order valence-corrected chi connectivity index (χ0v) is 12.9. The number of ketones is 1. The highest BCUT2D eigenvalue weighted by atomic mass is 32.2. The molecule has 2 aromatic rings. The SMILES string of the molecule is CC(=O)c1cccc(S(=O)(=O)Nc2cc(C)cc(C)n2)c1. The number of benzene rings is 1. The molecule has 0 spiro atoms. The summed E-state index contributed by atoms with van der Waals surface area (Å²) in [6, 6.07) is 9.43. The summed E-state index contributed by atoms with van der Waals surface area (Å²) in [4.78, 5) is 15.5. The number of aryl methyl sites for hydroxylation is 2. The standard InChI is InChI=1S/C15H16N2O3S/c1-10-7-11(2)16-15(8-10)17-21(19,20)14-6-4-5-13(9-14)12(3)18/h4-9H,1-3H3,(H,16,17). The quantitative estimate of drug-likeness (QED) is 0.881. The van der Waals surface area contributed by atoms with Gasteiger partial charge >= 0.3 is 0 Å². The molecule has 0 bridgehead atoms. The third-order valence-corrected chi connectivity index (χ3v) is 4.24. The van der Waals surface area contributed by atoms with Crippen LogP contribution in [0.4, 0.5) is 5.82 Å². The molecule has 0 saturated carbocycles. The average molecular weight is 304 g/mol. The van der Waals surface area contributed by atoms with E-state index < -0.39 is 10.0 Å². The van der Waals surface area contributed by atoms with E-state index in [4.69, 9.17) is 0 Å². The van der Waals surface area contributed by atoms with Crippen molar-refractivity contribution in [3.63, 3.8) is 0 Å². The predicted molar refractivity (Wildman–Crippen MR) is 81.0 cm³/mol. The molecule has 6 heteroatoms. The summed E-state index contributed by atoms with van der Waals surface area (Å²) in [7, 11) is -3.77. The van der Waals surface area contributed by atoms with E-state index in [1.54, 1.807) is 25.1 Å². The van der Waals surface area contributed by atoms with Crippen LogP contribution in [0.15, 0.2) is 41.3 Å². The van der Waals surface area contributed by atoms with Crippen molar-refractivity contribution in [2.24, 2.45) is 0 Å². The van der Waals surface area contributed by atoms with E-state index in [0.717, 1.165) is 11.3 Å². The summed E-state index contributed by atoms with van der Waals surface area (Å²) < 4.78 is 27.1. The lowest BCUT2D eigenvalue weighted by atomic mass is 10.2. The molecule has 0 unspecified atom stereocenters. The minimum absolute atomic E-state index is 0.0381. The van der Waals surface area contributed by atoms with Crippen molar-refractivity contribution in [1.82, 2.24) is 4.98 Å². The summed E-state index contributed by atoms with van der Waals surface area (Å²) in [6.45, 7) is 5.05. The van der Waals surface area contributed by atoms with Gasteiger partial charge in [-0.25, -0.2) is 13.4 Å². The maximum atomic E-state index is 12.3. The van der Waals surface area contributed by atoms with Crippen molar-refractivity contribution in [2.45, 2.75) is 25.7 Å². The van der Waals surface area contributed by atoms with Crippen LogP contribution in [0.3, 0.4) is 0 Å². The Hall–Kier alpha value is -2.21. The van der Waals surface area contributed by atoms with E-state index >= 15 is 0 Å². The fraction of sp³-hybridized carbons (Fsp3) is 0.200. The fourth-order valence-electron chi connectivity index (χ4n) is 1.97. The number of sulfonamides is 1. The van der Waals surface area contributed by atoms with E-state index in [-0.39, 0.29) is 16.5 Å². The maximum Gasteiger partial charge on any atom is 0.263 e. The summed E-state index contributed by atoms with van der Waals surface area (Å²) in [5, 5.41) is 0. The van der Waals surface area contributed by atoms with Gasteiger partial charge in [-0.2, -0.15) is 0 Å². The van der Waals surface area contributed by atoms with Crippen LogP contribution in [0.25, 0.3) is 0 Å². The van der Waals surface area contributed by atoms with Crippen molar-refractivity contribution < 1.29 is 13.2 Å². The Kier molecular flexibility index (Phi) is 4.09. The van der Waals surface area contributed by atoms with Gasteiger partial charge in [0.05, 0.1) is 4.90 Å². The van der Waals surface area contributed by atoms with Crippen molar-refractivity contribution in [3.05, 3.63) is 53.2 Å². The summed E-state index contributed by atoms with van der Waals surface area (Å²) in [5.41, 5.74) is 1.99. The Morgan fingerprint density at radius 1 is 1.14 bits per heavy atom. The van der Waals surface area contributed by atoms with Crippen LogP contribution >= 0.6 is 0 Å². The Labute approximate surface area is 124 Å². The molecule has 5 nitrogen and oxygen atoms in total. The number of carbonyl (C=O) groups is 1. The third kappa shape index (κ3) is 3.66. The Bertz CT molecular complexity index is 778. The first-order chi connectivity index (χ1) is 9.78. The molecule has 2 rings (SSSR count). The Morgan fingerprint density at radius 3 is 2.48 bits per heavy atom. The number of nitrogens with zero attached hydrogens (tertiary/aromatic N) is 1. The number of carbonyl (C=O) groups excluding carboxylic acids is 1. The normalized spacial score (nSPS) is 11.2. The number of hydrogen-bond acceptors (Lipinski definition) is 4. The fourth-order valence-corrected chi connectivity index (χ4v) is 3.01. The molecule has 1 heterocycles. The second kappa shape index (κ2) is 5.65. The molecule has 110 valence electrons.